The maximum atomic E-state index is 9.80. The van der Waals surface area contributed by atoms with Crippen molar-refractivity contribution in [1.82, 2.24) is 10.1 Å². The van der Waals surface area contributed by atoms with Crippen LogP contribution in [0.4, 0.5) is 0 Å². The average molecular weight is 268 g/mol. The van der Waals surface area contributed by atoms with E-state index in [4.69, 9.17) is 9.26 Å². The predicted octanol–water partition coefficient (Wildman–Crippen LogP) is 3.12. The highest BCUT2D eigenvalue weighted by molar-refractivity contribution is 5.67. The Morgan fingerprint density at radius 3 is 2.45 bits per heavy atom. The summed E-state index contributed by atoms with van der Waals surface area (Å²) in [7, 11) is 1.58. The van der Waals surface area contributed by atoms with E-state index in [-0.39, 0.29) is 5.75 Å². The summed E-state index contributed by atoms with van der Waals surface area (Å²) in [5.41, 5.74) is 1.24. The van der Waals surface area contributed by atoms with Gasteiger partial charge in [-0.2, -0.15) is 4.98 Å². The summed E-state index contributed by atoms with van der Waals surface area (Å²) in [6.07, 6.45) is 0. The Morgan fingerprint density at radius 2 is 1.70 bits per heavy atom. The number of benzene rings is 2. The van der Waals surface area contributed by atoms with Gasteiger partial charge in [0.25, 0.3) is 5.89 Å². The molecule has 3 rings (SSSR count). The van der Waals surface area contributed by atoms with Crippen molar-refractivity contribution >= 4 is 0 Å². The molecule has 0 radical (unpaired) electrons. The molecule has 0 unspecified atom stereocenters. The summed E-state index contributed by atoms with van der Waals surface area (Å²) in [6, 6.07) is 14.2. The Kier molecular flexibility index (Phi) is 3.09. The van der Waals surface area contributed by atoms with Gasteiger partial charge in [0.2, 0.25) is 5.82 Å². The van der Waals surface area contributed by atoms with Crippen molar-refractivity contribution in [2.24, 2.45) is 0 Å². The van der Waals surface area contributed by atoms with Crippen molar-refractivity contribution in [2.45, 2.75) is 0 Å². The van der Waals surface area contributed by atoms with E-state index in [9.17, 15) is 5.11 Å². The fourth-order valence-electron chi connectivity index (χ4n) is 1.93. The molecule has 100 valence electrons. The Morgan fingerprint density at radius 1 is 1.00 bits per heavy atom. The topological polar surface area (TPSA) is 68.4 Å². The summed E-state index contributed by atoms with van der Waals surface area (Å²) in [6.45, 7) is 0. The Balaban J connectivity index is 2.05. The van der Waals surface area contributed by atoms with Crippen LogP contribution in [0, 0.1) is 0 Å². The highest BCUT2D eigenvalue weighted by Crippen LogP contribution is 2.31. The van der Waals surface area contributed by atoms with Crippen LogP contribution in [0.1, 0.15) is 0 Å². The van der Waals surface area contributed by atoms with Gasteiger partial charge in [-0.1, -0.05) is 29.4 Å². The van der Waals surface area contributed by atoms with Crippen molar-refractivity contribution in [3.05, 3.63) is 48.5 Å². The summed E-state index contributed by atoms with van der Waals surface area (Å²) >= 11 is 0. The molecule has 1 N–H and O–H groups in total. The monoisotopic (exact) mass is 268 g/mol. The van der Waals surface area contributed by atoms with Crippen LogP contribution < -0.4 is 4.74 Å². The fourth-order valence-corrected chi connectivity index (χ4v) is 1.93. The minimum absolute atomic E-state index is 0.111. The Labute approximate surface area is 115 Å². The van der Waals surface area contributed by atoms with Gasteiger partial charge in [-0.25, -0.2) is 0 Å². The van der Waals surface area contributed by atoms with E-state index in [0.29, 0.717) is 28.6 Å². The SMILES string of the molecule is COc1ccccc1-c1nc(-c2ccccc2O)no1. The van der Waals surface area contributed by atoms with Gasteiger partial charge in [0, 0.05) is 0 Å². The van der Waals surface area contributed by atoms with Crippen molar-refractivity contribution in [1.29, 1.82) is 0 Å². The van der Waals surface area contributed by atoms with Gasteiger partial charge in [-0.15, -0.1) is 0 Å². The zero-order valence-corrected chi connectivity index (χ0v) is 10.8. The van der Waals surface area contributed by atoms with E-state index >= 15 is 0 Å². The lowest BCUT2D eigenvalue weighted by atomic mass is 10.2. The van der Waals surface area contributed by atoms with Gasteiger partial charge in [0.15, 0.2) is 0 Å². The van der Waals surface area contributed by atoms with E-state index in [0.717, 1.165) is 0 Å². The van der Waals surface area contributed by atoms with Crippen molar-refractivity contribution in [3.8, 4) is 34.3 Å². The van der Waals surface area contributed by atoms with Crippen LogP contribution in [0.2, 0.25) is 0 Å². The number of nitrogens with zero attached hydrogens (tertiary/aromatic N) is 2. The number of ether oxygens (including phenoxy) is 1. The molecule has 2 aromatic carbocycles. The number of aromatic nitrogens is 2. The largest absolute Gasteiger partial charge is 0.507 e. The molecule has 1 aromatic heterocycles. The molecule has 0 spiro atoms. The quantitative estimate of drug-likeness (QED) is 0.790. The molecule has 0 aliphatic rings. The van der Waals surface area contributed by atoms with Gasteiger partial charge in [0.1, 0.15) is 11.5 Å². The molecule has 5 heteroatoms. The second-order valence-corrected chi connectivity index (χ2v) is 4.14. The third-order valence-corrected chi connectivity index (χ3v) is 2.91. The number of methoxy groups -OCH3 is 1. The molecule has 3 aromatic rings. The van der Waals surface area contributed by atoms with Gasteiger partial charge in [0.05, 0.1) is 18.2 Å². The van der Waals surface area contributed by atoms with Crippen LogP contribution in [-0.4, -0.2) is 22.4 Å². The number of phenols is 1. The number of para-hydroxylation sites is 2. The lowest BCUT2D eigenvalue weighted by molar-refractivity contribution is 0.405. The summed E-state index contributed by atoms with van der Waals surface area (Å²) < 4.78 is 10.5. The number of hydrogen-bond acceptors (Lipinski definition) is 5. The minimum Gasteiger partial charge on any atom is -0.507 e. The number of rotatable bonds is 3. The van der Waals surface area contributed by atoms with Crippen molar-refractivity contribution < 1.29 is 14.4 Å². The van der Waals surface area contributed by atoms with Crippen LogP contribution in [0.15, 0.2) is 53.1 Å². The molecule has 5 nitrogen and oxygen atoms in total. The number of hydrogen-bond donors (Lipinski definition) is 1. The van der Waals surface area contributed by atoms with Gasteiger partial charge >= 0.3 is 0 Å². The molecule has 0 fully saturated rings. The predicted molar refractivity (Wildman–Crippen MR) is 73.4 cm³/mol. The van der Waals surface area contributed by atoms with E-state index in [1.165, 1.54) is 0 Å². The first-order valence-electron chi connectivity index (χ1n) is 6.05. The molecule has 0 bridgehead atoms. The molecule has 0 saturated heterocycles. The Hall–Kier alpha value is -2.82. The molecule has 0 aliphatic heterocycles. The normalized spacial score (nSPS) is 10.4. The van der Waals surface area contributed by atoms with E-state index in [1.807, 2.05) is 24.3 Å². The number of aromatic hydroxyl groups is 1. The van der Waals surface area contributed by atoms with Gasteiger partial charge < -0.3 is 14.4 Å². The van der Waals surface area contributed by atoms with Crippen LogP contribution >= 0.6 is 0 Å². The molecule has 0 atom stereocenters. The maximum absolute atomic E-state index is 9.80. The molecule has 20 heavy (non-hydrogen) atoms. The second kappa shape index (κ2) is 5.05. The lowest BCUT2D eigenvalue weighted by Gasteiger charge is -2.02. The van der Waals surface area contributed by atoms with Crippen LogP contribution in [0.3, 0.4) is 0 Å². The molecule has 0 saturated carbocycles. The minimum atomic E-state index is 0.111. The zero-order valence-electron chi connectivity index (χ0n) is 10.8. The average Bonchev–Trinajstić information content (AvgIpc) is 2.97. The zero-order chi connectivity index (χ0) is 13.9. The first-order valence-corrected chi connectivity index (χ1v) is 6.05. The summed E-state index contributed by atoms with van der Waals surface area (Å²) in [4.78, 5) is 4.30. The van der Waals surface area contributed by atoms with Crippen molar-refractivity contribution in [2.75, 3.05) is 7.11 Å². The molecular weight excluding hydrogens is 256 g/mol. The molecule has 0 aliphatic carbocycles. The highest BCUT2D eigenvalue weighted by Gasteiger charge is 2.15. The molecule has 1 heterocycles. The molecular formula is C15H12N2O3. The van der Waals surface area contributed by atoms with Crippen molar-refractivity contribution in [3.63, 3.8) is 0 Å². The van der Waals surface area contributed by atoms with E-state index in [2.05, 4.69) is 10.1 Å². The second-order valence-electron chi connectivity index (χ2n) is 4.14. The third kappa shape index (κ3) is 2.09. The van der Waals surface area contributed by atoms with E-state index < -0.39 is 0 Å². The van der Waals surface area contributed by atoms with Crippen LogP contribution in [-0.2, 0) is 0 Å². The maximum Gasteiger partial charge on any atom is 0.262 e. The lowest BCUT2D eigenvalue weighted by Crippen LogP contribution is -1.87. The first-order chi connectivity index (χ1) is 9.79. The highest BCUT2D eigenvalue weighted by atomic mass is 16.5. The third-order valence-electron chi connectivity index (χ3n) is 2.91. The standard InChI is InChI=1S/C15H12N2O3/c1-19-13-9-5-3-7-11(13)15-16-14(17-20-15)10-6-2-4-8-12(10)18/h2-9,18H,1H3. The number of phenolic OH excluding ortho intramolecular Hbond substituents is 1. The Bertz CT molecular complexity index is 737. The summed E-state index contributed by atoms with van der Waals surface area (Å²) in [5.74, 6) is 1.45. The first kappa shape index (κ1) is 12.2. The van der Waals surface area contributed by atoms with Crippen LogP contribution in [0.25, 0.3) is 22.8 Å². The smallest absolute Gasteiger partial charge is 0.262 e. The fraction of sp³-hybridized carbons (Fsp3) is 0.0667. The molecule has 0 amide bonds. The van der Waals surface area contributed by atoms with Gasteiger partial charge in [-0.05, 0) is 24.3 Å². The van der Waals surface area contributed by atoms with Crippen LogP contribution in [0.5, 0.6) is 11.5 Å². The summed E-state index contributed by atoms with van der Waals surface area (Å²) in [5, 5.41) is 13.7. The van der Waals surface area contributed by atoms with E-state index in [1.54, 1.807) is 31.4 Å². The van der Waals surface area contributed by atoms with Gasteiger partial charge in [-0.3, -0.25) is 0 Å².